The summed E-state index contributed by atoms with van der Waals surface area (Å²) in [5, 5.41) is 3.38. The fourth-order valence-corrected chi connectivity index (χ4v) is 4.11. The normalized spacial score (nSPS) is 19.4. The maximum absolute atomic E-state index is 12.9. The van der Waals surface area contributed by atoms with Crippen LogP contribution in [0.4, 0.5) is 17.5 Å². The first-order valence-corrected chi connectivity index (χ1v) is 10.2. The summed E-state index contributed by atoms with van der Waals surface area (Å²) in [7, 11) is 0. The molecule has 1 aliphatic heterocycles. The number of carbonyl (C=O) groups is 1. The van der Waals surface area contributed by atoms with Gasteiger partial charge in [-0.3, -0.25) is 4.79 Å². The van der Waals surface area contributed by atoms with Crippen LogP contribution in [0.25, 0.3) is 0 Å². The molecule has 4 rings (SSSR count). The number of benzene rings is 1. The van der Waals surface area contributed by atoms with Crippen molar-refractivity contribution in [2.24, 2.45) is 5.41 Å². The lowest BCUT2D eigenvalue weighted by Crippen LogP contribution is -2.47. The molecule has 6 nitrogen and oxygen atoms in total. The number of hydrogen-bond acceptors (Lipinski definition) is 6. The Hall–Kier alpha value is -2.47. The molecule has 1 aromatic carbocycles. The molecule has 0 bridgehead atoms. The average molecular weight is 380 g/mol. The van der Waals surface area contributed by atoms with Crippen LogP contribution in [0.2, 0.25) is 0 Å². The minimum atomic E-state index is -0.0688. The standard InChI is InChI=1S/C22H29N5O/c1-4-26-10-12-27(13-11-26)21-24-17-14-22(2,3)15-18(28)19(17)20(25-21)23-16-8-6-5-7-9-16/h5-9H,4,10-15H2,1-3H3,(H,23,24,25). The Bertz CT molecular complexity index is 857. The summed E-state index contributed by atoms with van der Waals surface area (Å²) in [6.45, 7) is 11.4. The van der Waals surface area contributed by atoms with E-state index in [4.69, 9.17) is 9.97 Å². The molecule has 0 amide bonds. The van der Waals surface area contributed by atoms with Gasteiger partial charge in [0.2, 0.25) is 5.95 Å². The van der Waals surface area contributed by atoms with Crippen LogP contribution in [-0.2, 0) is 6.42 Å². The number of Topliss-reactive ketones (excluding diaryl/α,β-unsaturated/α-hetero) is 1. The molecule has 1 saturated heterocycles. The Kier molecular flexibility index (Phi) is 5.06. The first-order chi connectivity index (χ1) is 13.4. The van der Waals surface area contributed by atoms with Crippen molar-refractivity contribution in [1.29, 1.82) is 0 Å². The van der Waals surface area contributed by atoms with Crippen LogP contribution in [0.1, 0.15) is 43.2 Å². The van der Waals surface area contributed by atoms with Crippen molar-refractivity contribution in [1.82, 2.24) is 14.9 Å². The minimum absolute atomic E-state index is 0.0688. The number of nitrogens with one attached hydrogen (secondary N) is 1. The molecule has 1 aliphatic carbocycles. The van der Waals surface area contributed by atoms with Gasteiger partial charge in [0, 0.05) is 38.3 Å². The van der Waals surface area contributed by atoms with E-state index in [2.05, 4.69) is 35.9 Å². The molecule has 2 aromatic rings. The van der Waals surface area contributed by atoms with E-state index in [1.807, 2.05) is 30.3 Å². The topological polar surface area (TPSA) is 61.4 Å². The third-order valence-corrected chi connectivity index (χ3v) is 5.67. The highest BCUT2D eigenvalue weighted by molar-refractivity contribution is 6.03. The number of para-hydroxylation sites is 1. The summed E-state index contributed by atoms with van der Waals surface area (Å²) in [6, 6.07) is 9.92. The molecule has 28 heavy (non-hydrogen) atoms. The lowest BCUT2D eigenvalue weighted by molar-refractivity contribution is 0.0911. The van der Waals surface area contributed by atoms with Crippen LogP contribution < -0.4 is 10.2 Å². The summed E-state index contributed by atoms with van der Waals surface area (Å²) in [5.41, 5.74) is 2.41. The molecule has 0 spiro atoms. The van der Waals surface area contributed by atoms with Crippen molar-refractivity contribution in [3.8, 4) is 0 Å². The van der Waals surface area contributed by atoms with Gasteiger partial charge in [-0.25, -0.2) is 4.98 Å². The van der Waals surface area contributed by atoms with Gasteiger partial charge < -0.3 is 15.1 Å². The molecule has 0 radical (unpaired) electrons. The monoisotopic (exact) mass is 379 g/mol. The predicted octanol–water partition coefficient (Wildman–Crippen LogP) is 3.52. The number of ketones is 1. The second kappa shape index (κ2) is 7.51. The lowest BCUT2D eigenvalue weighted by atomic mass is 9.75. The highest BCUT2D eigenvalue weighted by Crippen LogP contribution is 2.38. The number of anilines is 3. The molecule has 1 aromatic heterocycles. The Morgan fingerprint density at radius 1 is 1.04 bits per heavy atom. The summed E-state index contributed by atoms with van der Waals surface area (Å²) < 4.78 is 0. The molecule has 0 saturated carbocycles. The highest BCUT2D eigenvalue weighted by atomic mass is 16.1. The number of piperazine rings is 1. The van der Waals surface area contributed by atoms with Crippen molar-refractivity contribution in [2.75, 3.05) is 42.9 Å². The van der Waals surface area contributed by atoms with Gasteiger partial charge in [-0.1, -0.05) is 39.0 Å². The summed E-state index contributed by atoms with van der Waals surface area (Å²) in [6.07, 6.45) is 1.32. The lowest BCUT2D eigenvalue weighted by Gasteiger charge is -2.35. The second-order valence-corrected chi connectivity index (χ2v) is 8.55. The van der Waals surface area contributed by atoms with Gasteiger partial charge in [0.15, 0.2) is 5.78 Å². The van der Waals surface area contributed by atoms with Gasteiger partial charge in [0.05, 0.1) is 11.3 Å². The molecule has 0 atom stereocenters. The number of rotatable bonds is 4. The Labute approximate surface area is 167 Å². The van der Waals surface area contributed by atoms with Gasteiger partial charge in [0.25, 0.3) is 0 Å². The zero-order valence-corrected chi connectivity index (χ0v) is 17.0. The SMILES string of the molecule is CCN1CCN(c2nc3c(c(Nc4ccccc4)n2)C(=O)CC(C)(C)C3)CC1. The van der Waals surface area contributed by atoms with Crippen molar-refractivity contribution in [2.45, 2.75) is 33.6 Å². The van der Waals surface area contributed by atoms with Crippen molar-refractivity contribution in [3.05, 3.63) is 41.6 Å². The van der Waals surface area contributed by atoms with E-state index < -0.39 is 0 Å². The average Bonchev–Trinajstić information content (AvgIpc) is 2.67. The largest absolute Gasteiger partial charge is 0.339 e. The zero-order chi connectivity index (χ0) is 19.7. The Morgan fingerprint density at radius 3 is 2.43 bits per heavy atom. The van der Waals surface area contributed by atoms with Crippen LogP contribution in [0, 0.1) is 5.41 Å². The van der Waals surface area contributed by atoms with E-state index in [0.29, 0.717) is 17.8 Å². The van der Waals surface area contributed by atoms with E-state index in [-0.39, 0.29) is 11.2 Å². The van der Waals surface area contributed by atoms with Gasteiger partial charge in [0.1, 0.15) is 5.82 Å². The van der Waals surface area contributed by atoms with Crippen LogP contribution in [-0.4, -0.2) is 53.4 Å². The molecule has 0 unspecified atom stereocenters. The van der Waals surface area contributed by atoms with E-state index in [9.17, 15) is 4.79 Å². The molecule has 6 heteroatoms. The third-order valence-electron chi connectivity index (χ3n) is 5.67. The summed E-state index contributed by atoms with van der Waals surface area (Å²) in [4.78, 5) is 27.3. The van der Waals surface area contributed by atoms with Crippen LogP contribution in [0.3, 0.4) is 0 Å². The predicted molar refractivity (Wildman–Crippen MR) is 113 cm³/mol. The molecular formula is C22H29N5O. The Balaban J connectivity index is 1.72. The molecule has 1 fully saturated rings. The first-order valence-electron chi connectivity index (χ1n) is 10.2. The fourth-order valence-electron chi connectivity index (χ4n) is 4.11. The van der Waals surface area contributed by atoms with E-state index in [1.165, 1.54) is 0 Å². The number of carbonyl (C=O) groups excluding carboxylic acids is 1. The van der Waals surface area contributed by atoms with Crippen molar-refractivity contribution < 1.29 is 4.79 Å². The molecular weight excluding hydrogens is 350 g/mol. The quantitative estimate of drug-likeness (QED) is 0.877. The molecule has 2 aliphatic rings. The van der Waals surface area contributed by atoms with E-state index in [1.54, 1.807) is 0 Å². The van der Waals surface area contributed by atoms with Crippen molar-refractivity contribution in [3.63, 3.8) is 0 Å². The molecule has 148 valence electrons. The minimum Gasteiger partial charge on any atom is -0.339 e. The van der Waals surface area contributed by atoms with Crippen LogP contribution in [0.15, 0.2) is 30.3 Å². The number of aromatic nitrogens is 2. The smallest absolute Gasteiger partial charge is 0.227 e. The van der Waals surface area contributed by atoms with E-state index >= 15 is 0 Å². The van der Waals surface area contributed by atoms with Crippen LogP contribution in [0.5, 0.6) is 0 Å². The number of likely N-dealkylation sites (N-methyl/N-ethyl adjacent to an activating group) is 1. The maximum Gasteiger partial charge on any atom is 0.227 e. The summed E-state index contributed by atoms with van der Waals surface area (Å²) in [5.74, 6) is 1.51. The third kappa shape index (κ3) is 3.87. The van der Waals surface area contributed by atoms with Gasteiger partial charge in [-0.2, -0.15) is 4.98 Å². The summed E-state index contributed by atoms with van der Waals surface area (Å²) >= 11 is 0. The highest BCUT2D eigenvalue weighted by Gasteiger charge is 2.35. The van der Waals surface area contributed by atoms with Gasteiger partial charge >= 0.3 is 0 Å². The first kappa shape index (κ1) is 18.9. The number of hydrogen-bond donors (Lipinski definition) is 1. The fraction of sp³-hybridized carbons (Fsp3) is 0.500. The number of fused-ring (bicyclic) bond motifs is 1. The molecule has 2 heterocycles. The zero-order valence-electron chi connectivity index (χ0n) is 17.0. The second-order valence-electron chi connectivity index (χ2n) is 8.55. The molecule has 1 N–H and O–H groups in total. The van der Waals surface area contributed by atoms with Crippen molar-refractivity contribution >= 4 is 23.2 Å². The van der Waals surface area contributed by atoms with E-state index in [0.717, 1.165) is 56.5 Å². The van der Waals surface area contributed by atoms with Crippen LogP contribution >= 0.6 is 0 Å². The maximum atomic E-state index is 12.9. The van der Waals surface area contributed by atoms with Gasteiger partial charge in [-0.05, 0) is 30.5 Å². The van der Waals surface area contributed by atoms with Gasteiger partial charge in [-0.15, -0.1) is 0 Å². The number of nitrogens with zero attached hydrogens (tertiary/aromatic N) is 4. The Morgan fingerprint density at radius 2 is 1.75 bits per heavy atom.